The molecule has 4 heterocycles. The van der Waals surface area contributed by atoms with Gasteiger partial charge in [-0.25, -0.2) is 0 Å². The van der Waals surface area contributed by atoms with Crippen LogP contribution in [0.15, 0.2) is 57.5 Å². The molecule has 4 unspecified atom stereocenters. The van der Waals surface area contributed by atoms with E-state index in [0.29, 0.717) is 24.5 Å². The van der Waals surface area contributed by atoms with E-state index in [1.54, 1.807) is 0 Å². The van der Waals surface area contributed by atoms with Crippen LogP contribution in [-0.4, -0.2) is 24.2 Å². The standard InChI is InChI=1S/C27H33N3O2/c1-4-27(18-7-5-6-16(10-18)17-11-19-8-9-20(12-17)32-19)21-15-28-30-25(21)29-22-13-26(2,3)14-23(31)24(22)27/h5-7,10,15,17,19-20,25,29H,4,8-9,11-14H2,1-3H3. The normalized spacial score (nSPS) is 37.1. The number of nitrogens with zero attached hydrogens (tertiary/aromatic N) is 2. The van der Waals surface area contributed by atoms with Crippen LogP contribution >= 0.6 is 0 Å². The number of benzene rings is 1. The van der Waals surface area contributed by atoms with Crippen LogP contribution in [0.4, 0.5) is 0 Å². The zero-order valence-electron chi connectivity index (χ0n) is 19.4. The number of carbonyl (C=O) groups is 1. The summed E-state index contributed by atoms with van der Waals surface area (Å²) in [7, 11) is 0. The van der Waals surface area contributed by atoms with E-state index in [0.717, 1.165) is 42.5 Å². The summed E-state index contributed by atoms with van der Waals surface area (Å²) in [6, 6.07) is 9.08. The number of allylic oxidation sites excluding steroid dienone is 2. The summed E-state index contributed by atoms with van der Waals surface area (Å²) in [6.45, 7) is 6.58. The van der Waals surface area contributed by atoms with Crippen molar-refractivity contribution in [2.45, 2.75) is 95.4 Å². The minimum absolute atomic E-state index is 0.0391. The van der Waals surface area contributed by atoms with Gasteiger partial charge in [0.25, 0.3) is 0 Å². The Labute approximate surface area is 190 Å². The zero-order valence-corrected chi connectivity index (χ0v) is 19.4. The van der Waals surface area contributed by atoms with Gasteiger partial charge in [0.15, 0.2) is 11.9 Å². The Morgan fingerprint density at radius 1 is 1.16 bits per heavy atom. The molecule has 0 radical (unpaired) electrons. The first-order chi connectivity index (χ1) is 15.4. The number of hydrogen-bond donors (Lipinski definition) is 1. The Kier molecular flexibility index (Phi) is 4.52. The van der Waals surface area contributed by atoms with Crippen molar-refractivity contribution in [3.8, 4) is 0 Å². The fourth-order valence-electron chi connectivity index (χ4n) is 7.08. The molecule has 2 saturated heterocycles. The maximum atomic E-state index is 13.7. The minimum Gasteiger partial charge on any atom is -0.375 e. The minimum atomic E-state index is -0.456. The highest BCUT2D eigenvalue weighted by Gasteiger charge is 2.53. The Bertz CT molecular complexity index is 1060. The van der Waals surface area contributed by atoms with Crippen molar-refractivity contribution in [3.05, 3.63) is 58.4 Å². The zero-order chi connectivity index (χ0) is 22.1. The van der Waals surface area contributed by atoms with Gasteiger partial charge < -0.3 is 10.1 Å². The molecule has 6 rings (SSSR count). The molecule has 1 aromatic rings. The van der Waals surface area contributed by atoms with Crippen LogP contribution in [-0.2, 0) is 14.9 Å². The van der Waals surface area contributed by atoms with Gasteiger partial charge in [0.2, 0.25) is 0 Å². The van der Waals surface area contributed by atoms with Gasteiger partial charge in [-0.3, -0.25) is 4.79 Å². The number of carbonyl (C=O) groups excluding carboxylic acids is 1. The summed E-state index contributed by atoms with van der Waals surface area (Å²) < 4.78 is 6.10. The van der Waals surface area contributed by atoms with Crippen molar-refractivity contribution in [1.29, 1.82) is 0 Å². The fraction of sp³-hybridized carbons (Fsp3) is 0.593. The molecule has 4 atom stereocenters. The lowest BCUT2D eigenvalue weighted by molar-refractivity contribution is -0.119. The molecule has 0 saturated carbocycles. The van der Waals surface area contributed by atoms with Gasteiger partial charge in [-0.2, -0.15) is 10.2 Å². The van der Waals surface area contributed by atoms with Crippen LogP contribution in [0, 0.1) is 5.41 Å². The van der Waals surface area contributed by atoms with Gasteiger partial charge in [-0.05, 0) is 61.0 Å². The van der Waals surface area contributed by atoms with E-state index in [4.69, 9.17) is 4.74 Å². The molecule has 1 aliphatic carbocycles. The molecule has 5 nitrogen and oxygen atoms in total. The third-order valence-corrected chi connectivity index (χ3v) is 8.45. The maximum Gasteiger partial charge on any atom is 0.164 e. The SMILES string of the molecule is CCC1(c2cccc(C3CC4CCC(C3)O4)c2)C2=CN=NC2NC2=C1C(=O)CC(C)(C)C2. The second-order valence-corrected chi connectivity index (χ2v) is 11.2. The number of ether oxygens (including phenoxy) is 1. The highest BCUT2D eigenvalue weighted by molar-refractivity contribution is 6.01. The molecule has 4 aliphatic heterocycles. The molecular weight excluding hydrogens is 398 g/mol. The first kappa shape index (κ1) is 20.3. The van der Waals surface area contributed by atoms with E-state index < -0.39 is 5.41 Å². The van der Waals surface area contributed by atoms with E-state index in [1.165, 1.54) is 24.0 Å². The van der Waals surface area contributed by atoms with Crippen molar-refractivity contribution in [3.63, 3.8) is 0 Å². The van der Waals surface area contributed by atoms with Crippen LogP contribution in [0.5, 0.6) is 0 Å². The van der Waals surface area contributed by atoms with Gasteiger partial charge >= 0.3 is 0 Å². The first-order valence-corrected chi connectivity index (χ1v) is 12.3. The molecule has 1 aromatic carbocycles. The lowest BCUT2D eigenvalue weighted by Crippen LogP contribution is -2.51. The first-order valence-electron chi connectivity index (χ1n) is 12.3. The van der Waals surface area contributed by atoms with Crippen LogP contribution in [0.25, 0.3) is 0 Å². The molecule has 1 N–H and O–H groups in total. The molecule has 0 spiro atoms. The number of nitrogens with one attached hydrogen (secondary N) is 1. The molecule has 2 bridgehead atoms. The number of ketones is 1. The fourth-order valence-corrected chi connectivity index (χ4v) is 7.08. The average molecular weight is 432 g/mol. The second kappa shape index (κ2) is 7.11. The predicted molar refractivity (Wildman–Crippen MR) is 123 cm³/mol. The van der Waals surface area contributed by atoms with Crippen molar-refractivity contribution in [2.24, 2.45) is 15.6 Å². The summed E-state index contributed by atoms with van der Waals surface area (Å²) in [5.74, 6) is 0.806. The summed E-state index contributed by atoms with van der Waals surface area (Å²) in [5.41, 5.74) is 5.27. The number of fused-ring (bicyclic) bond motifs is 3. The molecule has 32 heavy (non-hydrogen) atoms. The third-order valence-electron chi connectivity index (χ3n) is 8.45. The molecular formula is C27H33N3O2. The van der Waals surface area contributed by atoms with Crippen LogP contribution in [0.2, 0.25) is 0 Å². The number of azo groups is 1. The van der Waals surface area contributed by atoms with Gasteiger partial charge in [-0.1, -0.05) is 45.0 Å². The van der Waals surface area contributed by atoms with Gasteiger partial charge in [-0.15, -0.1) is 0 Å². The Morgan fingerprint density at radius 2 is 1.94 bits per heavy atom. The van der Waals surface area contributed by atoms with Gasteiger partial charge in [0.1, 0.15) is 0 Å². The summed E-state index contributed by atoms with van der Waals surface area (Å²) in [4.78, 5) is 13.7. The molecule has 5 heteroatoms. The van der Waals surface area contributed by atoms with Crippen LogP contribution in [0.1, 0.15) is 82.8 Å². The summed E-state index contributed by atoms with van der Waals surface area (Å²) in [6.07, 6.45) is 9.47. The Morgan fingerprint density at radius 3 is 2.69 bits per heavy atom. The van der Waals surface area contributed by atoms with Crippen molar-refractivity contribution < 1.29 is 9.53 Å². The van der Waals surface area contributed by atoms with E-state index in [-0.39, 0.29) is 17.4 Å². The van der Waals surface area contributed by atoms with Crippen molar-refractivity contribution in [2.75, 3.05) is 0 Å². The van der Waals surface area contributed by atoms with E-state index in [1.807, 2.05) is 6.20 Å². The average Bonchev–Trinajstić information content (AvgIpc) is 3.37. The quantitative estimate of drug-likeness (QED) is 0.669. The maximum absolute atomic E-state index is 13.7. The number of Topliss-reactive ketones (excluding diaryl/α,β-unsaturated/α-hetero) is 1. The van der Waals surface area contributed by atoms with E-state index in [2.05, 4.69) is 60.6 Å². The highest BCUT2D eigenvalue weighted by atomic mass is 16.5. The lowest BCUT2D eigenvalue weighted by Gasteiger charge is -2.48. The van der Waals surface area contributed by atoms with Gasteiger partial charge in [0.05, 0.1) is 23.8 Å². The third kappa shape index (κ3) is 2.97. The van der Waals surface area contributed by atoms with Crippen molar-refractivity contribution in [1.82, 2.24) is 5.32 Å². The van der Waals surface area contributed by atoms with E-state index >= 15 is 0 Å². The monoisotopic (exact) mass is 431 g/mol. The molecule has 2 fully saturated rings. The van der Waals surface area contributed by atoms with Crippen LogP contribution < -0.4 is 5.32 Å². The van der Waals surface area contributed by atoms with Crippen molar-refractivity contribution >= 4 is 5.78 Å². The van der Waals surface area contributed by atoms with E-state index in [9.17, 15) is 4.79 Å². The smallest absolute Gasteiger partial charge is 0.164 e. The molecule has 5 aliphatic rings. The topological polar surface area (TPSA) is 63.1 Å². The molecule has 0 amide bonds. The highest BCUT2D eigenvalue weighted by Crippen LogP contribution is 2.54. The number of hydrogen-bond acceptors (Lipinski definition) is 5. The molecule has 168 valence electrons. The lowest BCUT2D eigenvalue weighted by atomic mass is 9.58. The predicted octanol–water partition coefficient (Wildman–Crippen LogP) is 5.68. The largest absolute Gasteiger partial charge is 0.375 e. The summed E-state index contributed by atoms with van der Waals surface area (Å²) >= 11 is 0. The summed E-state index contributed by atoms with van der Waals surface area (Å²) in [5, 5.41) is 12.4. The molecule has 0 aromatic heterocycles. The Hall–Kier alpha value is -2.27. The number of rotatable bonds is 3. The van der Waals surface area contributed by atoms with Crippen LogP contribution in [0.3, 0.4) is 0 Å². The second-order valence-electron chi connectivity index (χ2n) is 11.2. The Balaban J connectivity index is 1.48. The van der Waals surface area contributed by atoms with Gasteiger partial charge in [0, 0.05) is 23.3 Å².